The first kappa shape index (κ1) is 9.52. The fourth-order valence-corrected chi connectivity index (χ4v) is 1.20. The third kappa shape index (κ3) is 3.11. The molecule has 5 heteroatoms. The maximum atomic E-state index is 10.8. The maximum Gasteiger partial charge on any atom is 0.234 e. The summed E-state index contributed by atoms with van der Waals surface area (Å²) in [7, 11) is 0. The molecule has 5 nitrogen and oxygen atoms in total. The highest BCUT2D eigenvalue weighted by Gasteiger charge is 2.20. The van der Waals surface area contributed by atoms with Crippen LogP contribution in [-0.2, 0) is 9.59 Å². The van der Waals surface area contributed by atoms with E-state index in [1.165, 1.54) is 0 Å². The zero-order valence-corrected chi connectivity index (χ0v) is 7.17. The first-order chi connectivity index (χ1) is 6.22. The van der Waals surface area contributed by atoms with Gasteiger partial charge < -0.3 is 10.6 Å². The fourth-order valence-electron chi connectivity index (χ4n) is 1.20. The van der Waals surface area contributed by atoms with Crippen molar-refractivity contribution in [2.24, 2.45) is 0 Å². The SMILES string of the molecule is N#CCC(=O)NCC1CCC(=O)N1. The van der Waals surface area contributed by atoms with Crippen LogP contribution in [0, 0.1) is 11.3 Å². The predicted octanol–water partition coefficient (Wildman–Crippen LogP) is -0.705. The molecule has 0 aliphatic carbocycles. The summed E-state index contributed by atoms with van der Waals surface area (Å²) in [5, 5.41) is 13.5. The van der Waals surface area contributed by atoms with E-state index in [1.807, 2.05) is 0 Å². The van der Waals surface area contributed by atoms with Crippen LogP contribution in [0.25, 0.3) is 0 Å². The minimum Gasteiger partial charge on any atom is -0.353 e. The molecule has 13 heavy (non-hydrogen) atoms. The van der Waals surface area contributed by atoms with Crippen molar-refractivity contribution >= 4 is 11.8 Å². The van der Waals surface area contributed by atoms with Crippen LogP contribution in [-0.4, -0.2) is 24.4 Å². The molecule has 1 aliphatic heterocycles. The summed E-state index contributed by atoms with van der Waals surface area (Å²) in [6.07, 6.45) is 1.16. The second kappa shape index (κ2) is 4.45. The van der Waals surface area contributed by atoms with Gasteiger partial charge in [-0.15, -0.1) is 0 Å². The van der Waals surface area contributed by atoms with Crippen LogP contribution >= 0.6 is 0 Å². The molecule has 0 aromatic rings. The zero-order chi connectivity index (χ0) is 9.68. The van der Waals surface area contributed by atoms with Gasteiger partial charge in [-0.2, -0.15) is 5.26 Å². The Morgan fingerprint density at radius 2 is 2.54 bits per heavy atom. The normalized spacial score (nSPS) is 20.5. The maximum absolute atomic E-state index is 10.8. The highest BCUT2D eigenvalue weighted by Crippen LogP contribution is 2.04. The lowest BCUT2D eigenvalue weighted by Gasteiger charge is -2.09. The van der Waals surface area contributed by atoms with Gasteiger partial charge in [0.25, 0.3) is 0 Å². The Morgan fingerprint density at radius 3 is 3.08 bits per heavy atom. The van der Waals surface area contributed by atoms with Gasteiger partial charge >= 0.3 is 0 Å². The number of nitrogens with one attached hydrogen (secondary N) is 2. The van der Waals surface area contributed by atoms with Gasteiger partial charge in [0, 0.05) is 19.0 Å². The molecule has 0 radical (unpaired) electrons. The van der Waals surface area contributed by atoms with E-state index in [1.54, 1.807) is 6.07 Å². The smallest absolute Gasteiger partial charge is 0.234 e. The molecule has 1 heterocycles. The van der Waals surface area contributed by atoms with Gasteiger partial charge in [0.05, 0.1) is 6.07 Å². The van der Waals surface area contributed by atoms with Gasteiger partial charge in [0.15, 0.2) is 0 Å². The van der Waals surface area contributed by atoms with Crippen molar-refractivity contribution in [1.29, 1.82) is 5.26 Å². The lowest BCUT2D eigenvalue weighted by atomic mass is 10.2. The van der Waals surface area contributed by atoms with Crippen LogP contribution in [0.4, 0.5) is 0 Å². The van der Waals surface area contributed by atoms with E-state index in [2.05, 4.69) is 10.6 Å². The monoisotopic (exact) mass is 181 g/mol. The van der Waals surface area contributed by atoms with Crippen molar-refractivity contribution in [3.05, 3.63) is 0 Å². The Bertz CT molecular complexity index is 257. The second-order valence-electron chi connectivity index (χ2n) is 2.94. The van der Waals surface area contributed by atoms with E-state index in [-0.39, 0.29) is 24.3 Å². The molecule has 2 amide bonds. The summed E-state index contributed by atoms with van der Waals surface area (Å²) in [5.41, 5.74) is 0. The average Bonchev–Trinajstić information content (AvgIpc) is 2.49. The third-order valence-corrected chi connectivity index (χ3v) is 1.87. The molecule has 70 valence electrons. The molecule has 1 unspecified atom stereocenters. The van der Waals surface area contributed by atoms with E-state index in [0.29, 0.717) is 13.0 Å². The van der Waals surface area contributed by atoms with Gasteiger partial charge in [0.1, 0.15) is 6.42 Å². The Kier molecular flexibility index (Phi) is 3.26. The summed E-state index contributed by atoms with van der Waals surface area (Å²) in [5.74, 6) is -0.261. The lowest BCUT2D eigenvalue weighted by Crippen LogP contribution is -2.38. The molecule has 0 aromatic heterocycles. The van der Waals surface area contributed by atoms with Gasteiger partial charge in [-0.05, 0) is 6.42 Å². The first-order valence-corrected chi connectivity index (χ1v) is 4.15. The molecule has 1 fully saturated rings. The number of rotatable bonds is 3. The topological polar surface area (TPSA) is 82.0 Å². The van der Waals surface area contributed by atoms with Crippen molar-refractivity contribution < 1.29 is 9.59 Å². The molecule has 0 bridgehead atoms. The Balaban J connectivity index is 2.16. The first-order valence-electron chi connectivity index (χ1n) is 4.15. The molecular weight excluding hydrogens is 170 g/mol. The van der Waals surface area contributed by atoms with E-state index in [0.717, 1.165) is 6.42 Å². The van der Waals surface area contributed by atoms with Crippen LogP contribution in [0.5, 0.6) is 0 Å². The van der Waals surface area contributed by atoms with Crippen molar-refractivity contribution in [3.63, 3.8) is 0 Å². The molecular formula is C8H11N3O2. The number of hydrogen-bond donors (Lipinski definition) is 2. The third-order valence-electron chi connectivity index (χ3n) is 1.87. The van der Waals surface area contributed by atoms with Crippen molar-refractivity contribution in [2.75, 3.05) is 6.54 Å². The number of nitrogens with zero attached hydrogens (tertiary/aromatic N) is 1. The molecule has 1 rings (SSSR count). The Labute approximate surface area is 76.1 Å². The van der Waals surface area contributed by atoms with Crippen LogP contribution < -0.4 is 10.6 Å². The molecule has 0 aromatic carbocycles. The highest BCUT2D eigenvalue weighted by molar-refractivity contribution is 5.79. The number of carbonyl (C=O) groups excluding carboxylic acids is 2. The molecule has 1 atom stereocenters. The van der Waals surface area contributed by atoms with Gasteiger partial charge in [-0.25, -0.2) is 0 Å². The predicted molar refractivity (Wildman–Crippen MR) is 44.4 cm³/mol. The lowest BCUT2D eigenvalue weighted by molar-refractivity contribution is -0.121. The minimum absolute atomic E-state index is 0.0273. The summed E-state index contributed by atoms with van der Waals surface area (Å²) in [6, 6.07) is 1.79. The van der Waals surface area contributed by atoms with Crippen molar-refractivity contribution in [2.45, 2.75) is 25.3 Å². The van der Waals surface area contributed by atoms with Crippen molar-refractivity contribution in [1.82, 2.24) is 10.6 Å². The number of nitriles is 1. The number of amides is 2. The fraction of sp³-hybridized carbons (Fsp3) is 0.625. The van der Waals surface area contributed by atoms with Crippen LogP contribution in [0.1, 0.15) is 19.3 Å². The zero-order valence-electron chi connectivity index (χ0n) is 7.17. The molecule has 1 aliphatic rings. The molecule has 1 saturated heterocycles. The van der Waals surface area contributed by atoms with E-state index >= 15 is 0 Å². The van der Waals surface area contributed by atoms with Crippen molar-refractivity contribution in [3.8, 4) is 6.07 Å². The highest BCUT2D eigenvalue weighted by atomic mass is 16.2. The standard InChI is InChI=1S/C8H11N3O2/c9-4-3-7(12)10-5-6-1-2-8(13)11-6/h6H,1-3,5H2,(H,10,12)(H,11,13). The Hall–Kier alpha value is -1.57. The van der Waals surface area contributed by atoms with E-state index < -0.39 is 0 Å². The average molecular weight is 181 g/mol. The van der Waals surface area contributed by atoms with Crippen LogP contribution in [0.3, 0.4) is 0 Å². The molecule has 2 N–H and O–H groups in total. The number of carbonyl (C=O) groups is 2. The summed E-state index contributed by atoms with van der Waals surface area (Å²) >= 11 is 0. The summed E-state index contributed by atoms with van der Waals surface area (Å²) in [4.78, 5) is 21.6. The van der Waals surface area contributed by atoms with E-state index in [4.69, 9.17) is 5.26 Å². The Morgan fingerprint density at radius 1 is 1.77 bits per heavy atom. The number of hydrogen-bond acceptors (Lipinski definition) is 3. The van der Waals surface area contributed by atoms with Crippen LogP contribution in [0.2, 0.25) is 0 Å². The van der Waals surface area contributed by atoms with Gasteiger partial charge in [-0.3, -0.25) is 9.59 Å². The second-order valence-corrected chi connectivity index (χ2v) is 2.94. The quantitative estimate of drug-likeness (QED) is 0.603. The molecule has 0 spiro atoms. The minimum atomic E-state index is -0.288. The van der Waals surface area contributed by atoms with Crippen LogP contribution in [0.15, 0.2) is 0 Å². The molecule has 0 saturated carbocycles. The largest absolute Gasteiger partial charge is 0.353 e. The summed E-state index contributed by atoms with van der Waals surface area (Å²) in [6.45, 7) is 0.423. The van der Waals surface area contributed by atoms with Gasteiger partial charge in [-0.1, -0.05) is 0 Å². The summed E-state index contributed by atoms with van der Waals surface area (Å²) < 4.78 is 0. The van der Waals surface area contributed by atoms with Gasteiger partial charge in [0.2, 0.25) is 11.8 Å². The van der Waals surface area contributed by atoms with E-state index in [9.17, 15) is 9.59 Å².